The van der Waals surface area contributed by atoms with Crippen molar-refractivity contribution in [2.24, 2.45) is 0 Å². The van der Waals surface area contributed by atoms with Gasteiger partial charge in [0.15, 0.2) is 0 Å². The van der Waals surface area contributed by atoms with E-state index in [4.69, 9.17) is 0 Å². The molecule has 0 unspecified atom stereocenters. The molecule has 2 rings (SSSR count). The van der Waals surface area contributed by atoms with E-state index in [1.807, 2.05) is 24.3 Å². The number of phenolic OH excluding ortho intramolecular Hbond substituents is 2. The summed E-state index contributed by atoms with van der Waals surface area (Å²) in [7, 11) is 7.00. The van der Waals surface area contributed by atoms with Gasteiger partial charge in [-0.15, -0.1) is 0 Å². The second-order valence-electron chi connectivity index (χ2n) is 4.33. The summed E-state index contributed by atoms with van der Waals surface area (Å²) >= 11 is 12.9. The van der Waals surface area contributed by atoms with Gasteiger partial charge in [-0.3, -0.25) is 0 Å². The standard InChI is InChI=1S/2C6H3I3O.2C2H6N.V/c2*7-3-1-4(8)6(10)5(9)2-3;2*1-3-2;/h2*1-2,10H;2*1-2H3;/q;;2*-1;+2. The summed E-state index contributed by atoms with van der Waals surface area (Å²) in [5.41, 5.74) is 0. The Hall–Kier alpha value is 2.92. The smallest absolute Gasteiger partial charge is 0.668 e. The molecule has 0 aliphatic rings. The first kappa shape index (κ1) is 34.5. The van der Waals surface area contributed by atoms with Crippen molar-refractivity contribution in [2.45, 2.75) is 0 Å². The van der Waals surface area contributed by atoms with Gasteiger partial charge in [0.1, 0.15) is 11.5 Å². The minimum Gasteiger partial charge on any atom is -0.668 e. The van der Waals surface area contributed by atoms with E-state index in [0.29, 0.717) is 11.5 Å². The maximum Gasteiger partial charge on any atom is 2.00 e. The van der Waals surface area contributed by atoms with Crippen molar-refractivity contribution in [1.82, 2.24) is 0 Å². The molecular formula is C16H18I6N2O2V. The number of aromatic hydroxyl groups is 2. The number of benzene rings is 2. The Labute approximate surface area is 255 Å². The topological polar surface area (TPSA) is 68.7 Å². The van der Waals surface area contributed by atoms with Gasteiger partial charge in [0.25, 0.3) is 0 Å². The predicted molar refractivity (Wildman–Crippen MR) is 163 cm³/mol. The molecular weight excluding hydrogens is 1060 g/mol. The first-order valence-corrected chi connectivity index (χ1v) is 13.2. The first-order chi connectivity index (χ1) is 12.0. The fraction of sp³-hybridized carbons (Fsp3) is 0.250. The average molecular weight is 1080 g/mol. The van der Waals surface area contributed by atoms with Crippen LogP contribution in [-0.2, 0) is 18.6 Å². The van der Waals surface area contributed by atoms with Crippen LogP contribution in [-0.4, -0.2) is 38.4 Å². The number of halogens is 6. The molecule has 0 heterocycles. The molecule has 0 saturated carbocycles. The summed E-state index contributed by atoms with van der Waals surface area (Å²) in [4.78, 5) is 0. The van der Waals surface area contributed by atoms with E-state index in [0.717, 1.165) is 21.4 Å². The molecule has 0 spiro atoms. The Bertz CT molecular complexity index is 574. The molecule has 11 heteroatoms. The molecule has 0 aliphatic heterocycles. The molecule has 0 fully saturated rings. The summed E-state index contributed by atoms with van der Waals surface area (Å²) in [5.74, 6) is 0.781. The van der Waals surface area contributed by atoms with Gasteiger partial charge in [0, 0.05) is 7.14 Å². The average Bonchev–Trinajstić information content (AvgIpc) is 2.52. The summed E-state index contributed by atoms with van der Waals surface area (Å²) < 4.78 is 5.96. The molecule has 2 aromatic rings. The van der Waals surface area contributed by atoms with Crippen molar-refractivity contribution >= 4 is 136 Å². The minimum atomic E-state index is 0. The van der Waals surface area contributed by atoms with E-state index in [2.05, 4.69) is 146 Å². The third-order valence-corrected chi connectivity index (χ3v) is 6.50. The Kier molecular flexibility index (Phi) is 26.6. The van der Waals surface area contributed by atoms with Gasteiger partial charge in [-0.25, -0.2) is 0 Å². The second-order valence-corrected chi connectivity index (χ2v) is 11.5. The van der Waals surface area contributed by atoms with Crippen LogP contribution in [0.25, 0.3) is 10.6 Å². The van der Waals surface area contributed by atoms with E-state index in [-0.39, 0.29) is 18.6 Å². The fourth-order valence-corrected chi connectivity index (χ4v) is 8.23. The van der Waals surface area contributed by atoms with Crippen molar-refractivity contribution < 1.29 is 28.8 Å². The van der Waals surface area contributed by atoms with Crippen LogP contribution in [0.3, 0.4) is 0 Å². The Balaban J connectivity index is -0.000000322. The maximum absolute atomic E-state index is 9.31. The van der Waals surface area contributed by atoms with Gasteiger partial charge in [-0.1, -0.05) is 0 Å². The number of rotatable bonds is 0. The van der Waals surface area contributed by atoms with Crippen LogP contribution >= 0.6 is 136 Å². The summed E-state index contributed by atoms with van der Waals surface area (Å²) in [6, 6.07) is 7.77. The van der Waals surface area contributed by atoms with Crippen LogP contribution in [0.5, 0.6) is 11.5 Å². The molecule has 151 valence electrons. The van der Waals surface area contributed by atoms with Crippen molar-refractivity contribution in [3.05, 3.63) is 56.3 Å². The van der Waals surface area contributed by atoms with Crippen molar-refractivity contribution in [1.29, 1.82) is 0 Å². The Morgan fingerprint density at radius 1 is 0.556 bits per heavy atom. The van der Waals surface area contributed by atoms with Gasteiger partial charge in [0.2, 0.25) is 0 Å². The third-order valence-electron chi connectivity index (χ3n) is 1.96. The van der Waals surface area contributed by atoms with Crippen LogP contribution in [0.15, 0.2) is 24.3 Å². The van der Waals surface area contributed by atoms with E-state index >= 15 is 0 Å². The molecule has 0 amide bonds. The third kappa shape index (κ3) is 17.2. The molecule has 4 nitrogen and oxygen atoms in total. The van der Waals surface area contributed by atoms with Gasteiger partial charge in [0.05, 0.1) is 14.3 Å². The normalized spacial score (nSPS) is 8.67. The quantitative estimate of drug-likeness (QED) is 0.267. The predicted octanol–water partition coefficient (Wildman–Crippen LogP) is 7.65. The summed E-state index contributed by atoms with van der Waals surface area (Å²) in [6.45, 7) is 0. The summed E-state index contributed by atoms with van der Waals surface area (Å²) in [6.07, 6.45) is 0. The Morgan fingerprint density at radius 2 is 0.704 bits per heavy atom. The van der Waals surface area contributed by atoms with Crippen LogP contribution in [0.1, 0.15) is 0 Å². The van der Waals surface area contributed by atoms with Crippen LogP contribution in [0.2, 0.25) is 0 Å². The molecule has 2 N–H and O–H groups in total. The van der Waals surface area contributed by atoms with E-state index in [1.165, 1.54) is 0 Å². The van der Waals surface area contributed by atoms with Gasteiger partial charge < -0.3 is 20.8 Å². The first-order valence-electron chi connectivity index (χ1n) is 6.68. The molecule has 1 radical (unpaired) electrons. The number of phenols is 2. The van der Waals surface area contributed by atoms with Crippen LogP contribution < -0.4 is 0 Å². The molecule has 0 saturated heterocycles. The van der Waals surface area contributed by atoms with Crippen molar-refractivity contribution in [3.8, 4) is 11.5 Å². The second kappa shape index (κ2) is 20.8. The van der Waals surface area contributed by atoms with Crippen molar-refractivity contribution in [2.75, 3.05) is 28.2 Å². The van der Waals surface area contributed by atoms with Crippen LogP contribution in [0, 0.1) is 21.4 Å². The zero-order valence-electron chi connectivity index (χ0n) is 14.8. The number of hydrogen-bond donors (Lipinski definition) is 2. The van der Waals surface area contributed by atoms with E-state index in [9.17, 15) is 10.2 Å². The zero-order valence-corrected chi connectivity index (χ0v) is 29.2. The van der Waals surface area contributed by atoms with Crippen LogP contribution in [0.4, 0.5) is 0 Å². The number of hydrogen-bond acceptors (Lipinski definition) is 2. The van der Waals surface area contributed by atoms with Gasteiger partial charge in [-0.2, -0.15) is 28.2 Å². The SMILES string of the molecule is C[N-]C.C[N-]C.Oc1c(I)cc(I)cc1I.Oc1c(I)cc(I)cc1I.[V+2]. The minimum absolute atomic E-state index is 0. The fourth-order valence-electron chi connectivity index (χ4n) is 1.07. The molecule has 0 aliphatic carbocycles. The monoisotopic (exact) mass is 1080 g/mol. The summed E-state index contributed by atoms with van der Waals surface area (Å²) in [5, 5.41) is 25.6. The van der Waals surface area contributed by atoms with E-state index < -0.39 is 0 Å². The molecule has 0 bridgehead atoms. The van der Waals surface area contributed by atoms with Gasteiger partial charge in [-0.05, 0) is 160 Å². The van der Waals surface area contributed by atoms with Gasteiger partial charge >= 0.3 is 18.6 Å². The maximum atomic E-state index is 9.31. The molecule has 27 heavy (non-hydrogen) atoms. The van der Waals surface area contributed by atoms with E-state index in [1.54, 1.807) is 28.2 Å². The molecule has 0 aromatic heterocycles. The van der Waals surface area contributed by atoms with Crippen molar-refractivity contribution in [3.63, 3.8) is 0 Å². The largest absolute Gasteiger partial charge is 2.00 e. The molecule has 2 aromatic carbocycles. The zero-order chi connectivity index (χ0) is 20.9. The number of nitrogens with zero attached hydrogens (tertiary/aromatic N) is 2. The Morgan fingerprint density at radius 3 is 0.852 bits per heavy atom. The molecule has 0 atom stereocenters.